The maximum atomic E-state index is 13.9. The highest BCUT2D eigenvalue weighted by atomic mass is 19.4. The van der Waals surface area contributed by atoms with Gasteiger partial charge in [0.25, 0.3) is 0 Å². The molecule has 2 aromatic rings. The number of rotatable bonds is 7. The number of carboxylic acids is 1. The molecule has 1 N–H and O–H groups in total. The highest BCUT2D eigenvalue weighted by Crippen LogP contribution is 2.53. The molecule has 1 saturated carbocycles. The van der Waals surface area contributed by atoms with E-state index in [4.69, 9.17) is 9.84 Å². The Kier molecular flexibility index (Phi) is 6.61. The first kappa shape index (κ1) is 23.5. The molecule has 1 aromatic heterocycles. The fourth-order valence-corrected chi connectivity index (χ4v) is 4.58. The van der Waals surface area contributed by atoms with Gasteiger partial charge >= 0.3 is 12.1 Å². The molecule has 0 amide bonds. The number of aromatic nitrogens is 1. The van der Waals surface area contributed by atoms with E-state index in [0.717, 1.165) is 18.9 Å². The van der Waals surface area contributed by atoms with Gasteiger partial charge in [-0.2, -0.15) is 13.2 Å². The number of carbonyl (C=O) groups is 1. The monoisotopic (exact) mass is 466 g/mol. The molecule has 0 atom stereocenters. The molecule has 0 spiro atoms. The van der Waals surface area contributed by atoms with Gasteiger partial charge in [0.2, 0.25) is 5.88 Å². The first-order valence-electron chi connectivity index (χ1n) is 11.1. The van der Waals surface area contributed by atoms with Crippen LogP contribution in [0.3, 0.4) is 0 Å². The number of hydrogen-bond acceptors (Lipinski definition) is 4. The summed E-state index contributed by atoms with van der Waals surface area (Å²) in [6.45, 7) is 1.81. The molecule has 2 heterocycles. The van der Waals surface area contributed by atoms with E-state index in [0.29, 0.717) is 43.1 Å². The van der Waals surface area contributed by atoms with Crippen LogP contribution in [0.15, 0.2) is 36.5 Å². The lowest BCUT2D eigenvalue weighted by Crippen LogP contribution is -2.53. The number of nitrogens with zero attached hydrogens (tertiary/aromatic N) is 2. The zero-order valence-corrected chi connectivity index (χ0v) is 18.1. The molecule has 1 saturated heterocycles. The van der Waals surface area contributed by atoms with Gasteiger partial charge in [0.05, 0.1) is 17.6 Å². The molecular formula is C24H26F4N2O3. The van der Waals surface area contributed by atoms with Crippen LogP contribution < -0.4 is 4.74 Å². The van der Waals surface area contributed by atoms with Crippen LogP contribution in [0.2, 0.25) is 0 Å². The second-order valence-corrected chi connectivity index (χ2v) is 9.05. The van der Waals surface area contributed by atoms with Gasteiger partial charge in [0.1, 0.15) is 5.82 Å². The lowest BCUT2D eigenvalue weighted by Gasteiger charge is -2.47. The minimum absolute atomic E-state index is 0.0983. The van der Waals surface area contributed by atoms with E-state index in [9.17, 15) is 22.4 Å². The Morgan fingerprint density at radius 3 is 2.36 bits per heavy atom. The molecule has 1 aliphatic carbocycles. The van der Waals surface area contributed by atoms with Crippen molar-refractivity contribution in [3.05, 3.63) is 47.9 Å². The van der Waals surface area contributed by atoms with Crippen LogP contribution in [-0.4, -0.2) is 53.4 Å². The third kappa shape index (κ3) is 5.13. The smallest absolute Gasteiger partial charge is 0.395 e. The number of ether oxygens (including phenoxy) is 1. The summed E-state index contributed by atoms with van der Waals surface area (Å²) >= 11 is 0. The number of pyridine rings is 1. The summed E-state index contributed by atoms with van der Waals surface area (Å²) in [6.07, 6.45) is 0.0746. The highest BCUT2D eigenvalue weighted by Gasteiger charge is 2.58. The van der Waals surface area contributed by atoms with Crippen LogP contribution in [-0.2, 0) is 0 Å². The number of piperidine rings is 1. The van der Waals surface area contributed by atoms with Crippen molar-refractivity contribution < 1.29 is 32.2 Å². The number of alkyl halides is 3. The first-order chi connectivity index (χ1) is 15.7. The fraction of sp³-hybridized carbons (Fsp3) is 0.500. The summed E-state index contributed by atoms with van der Waals surface area (Å²) in [6, 6.07) is 7.27. The van der Waals surface area contributed by atoms with Gasteiger partial charge < -0.3 is 14.7 Å². The Labute approximate surface area is 189 Å². The predicted molar refractivity (Wildman–Crippen MR) is 114 cm³/mol. The van der Waals surface area contributed by atoms with Gasteiger partial charge in [0.15, 0.2) is 0 Å². The maximum Gasteiger partial charge on any atom is 0.395 e. The molecule has 178 valence electrons. The third-order valence-electron chi connectivity index (χ3n) is 6.88. The van der Waals surface area contributed by atoms with E-state index in [1.807, 2.05) is 4.90 Å². The lowest BCUT2D eigenvalue weighted by molar-refractivity contribution is -0.256. The van der Waals surface area contributed by atoms with Crippen molar-refractivity contribution in [2.24, 2.45) is 11.3 Å². The topological polar surface area (TPSA) is 62.7 Å². The van der Waals surface area contributed by atoms with Gasteiger partial charge in [-0.15, -0.1) is 0 Å². The van der Waals surface area contributed by atoms with E-state index >= 15 is 0 Å². The molecule has 1 aromatic carbocycles. The molecule has 0 unspecified atom stereocenters. The standard InChI is InChI=1S/C24H26F4N2O3/c25-20-12-17(2-4-19(20)22(31)32)18-3-5-21(29-13-18)33-14-16-6-10-30(11-7-16)15-23(8-1-9-23)24(26,27)28/h2-5,12-13,16H,1,6-11,14-15H2,(H,31,32). The van der Waals surface area contributed by atoms with Gasteiger partial charge in [-0.25, -0.2) is 14.2 Å². The number of benzene rings is 1. The normalized spacial score (nSPS) is 19.2. The SMILES string of the molecule is O=C(O)c1ccc(-c2ccc(OCC3CCN(CC4(C(F)(F)F)CCC4)CC3)nc2)cc1F. The van der Waals surface area contributed by atoms with Crippen molar-refractivity contribution in [1.29, 1.82) is 0 Å². The molecule has 4 rings (SSSR count). The van der Waals surface area contributed by atoms with E-state index in [1.165, 1.54) is 18.3 Å². The van der Waals surface area contributed by atoms with Crippen LogP contribution in [0.5, 0.6) is 5.88 Å². The van der Waals surface area contributed by atoms with Crippen molar-refractivity contribution in [2.45, 2.75) is 38.3 Å². The fourth-order valence-electron chi connectivity index (χ4n) is 4.58. The van der Waals surface area contributed by atoms with Gasteiger partial charge in [0, 0.05) is 24.4 Å². The van der Waals surface area contributed by atoms with Crippen molar-refractivity contribution >= 4 is 5.97 Å². The van der Waals surface area contributed by atoms with E-state index in [2.05, 4.69) is 4.98 Å². The lowest BCUT2D eigenvalue weighted by atomic mass is 9.67. The predicted octanol–water partition coefficient (Wildman–Crippen LogP) is 5.41. The minimum atomic E-state index is -4.13. The summed E-state index contributed by atoms with van der Waals surface area (Å²) in [5.74, 6) is -1.47. The first-order valence-corrected chi connectivity index (χ1v) is 11.1. The summed E-state index contributed by atoms with van der Waals surface area (Å²) in [7, 11) is 0. The zero-order chi connectivity index (χ0) is 23.6. The van der Waals surface area contributed by atoms with Crippen molar-refractivity contribution in [3.63, 3.8) is 0 Å². The zero-order valence-electron chi connectivity index (χ0n) is 18.1. The average molecular weight is 466 g/mol. The van der Waals surface area contributed by atoms with E-state index in [-0.39, 0.29) is 30.9 Å². The Bertz CT molecular complexity index is 982. The Hall–Kier alpha value is -2.68. The number of aromatic carboxylic acids is 1. The van der Waals surface area contributed by atoms with Crippen molar-refractivity contribution in [1.82, 2.24) is 9.88 Å². The molecule has 9 heteroatoms. The van der Waals surface area contributed by atoms with Gasteiger partial charge in [-0.1, -0.05) is 12.5 Å². The second-order valence-electron chi connectivity index (χ2n) is 9.05. The Morgan fingerprint density at radius 1 is 1.15 bits per heavy atom. The van der Waals surface area contributed by atoms with Crippen LogP contribution in [0.1, 0.15) is 42.5 Å². The minimum Gasteiger partial charge on any atom is -0.478 e. The second kappa shape index (κ2) is 9.29. The van der Waals surface area contributed by atoms with Crippen LogP contribution in [0, 0.1) is 17.2 Å². The van der Waals surface area contributed by atoms with Crippen molar-refractivity contribution in [3.8, 4) is 17.0 Å². The molecule has 0 radical (unpaired) electrons. The number of hydrogen-bond donors (Lipinski definition) is 1. The summed E-state index contributed by atoms with van der Waals surface area (Å²) in [4.78, 5) is 17.1. The number of carboxylic acid groups (broad SMARTS) is 1. The quantitative estimate of drug-likeness (QED) is 0.553. The summed E-state index contributed by atoms with van der Waals surface area (Å²) in [5, 5.41) is 8.92. The molecule has 2 aliphatic rings. The Morgan fingerprint density at radius 2 is 1.85 bits per heavy atom. The average Bonchev–Trinajstić information content (AvgIpc) is 2.75. The number of likely N-dealkylation sites (tertiary alicyclic amines) is 1. The maximum absolute atomic E-state index is 13.9. The summed E-state index contributed by atoms with van der Waals surface area (Å²) in [5.41, 5.74) is -0.772. The third-order valence-corrected chi connectivity index (χ3v) is 6.88. The van der Waals surface area contributed by atoms with Crippen LogP contribution in [0.4, 0.5) is 17.6 Å². The van der Waals surface area contributed by atoms with E-state index in [1.54, 1.807) is 12.1 Å². The van der Waals surface area contributed by atoms with E-state index < -0.39 is 23.4 Å². The molecule has 0 bridgehead atoms. The molecule has 2 fully saturated rings. The van der Waals surface area contributed by atoms with Crippen molar-refractivity contribution in [2.75, 3.05) is 26.2 Å². The van der Waals surface area contributed by atoms with Crippen LogP contribution in [0.25, 0.3) is 11.1 Å². The molecular weight excluding hydrogens is 440 g/mol. The number of halogens is 4. The largest absolute Gasteiger partial charge is 0.478 e. The van der Waals surface area contributed by atoms with Gasteiger partial charge in [-0.05, 0) is 68.5 Å². The molecule has 33 heavy (non-hydrogen) atoms. The van der Waals surface area contributed by atoms with Gasteiger partial charge in [-0.3, -0.25) is 0 Å². The van der Waals surface area contributed by atoms with Crippen LogP contribution >= 0.6 is 0 Å². The molecule has 5 nitrogen and oxygen atoms in total. The summed E-state index contributed by atoms with van der Waals surface area (Å²) < 4.78 is 59.9. The highest BCUT2D eigenvalue weighted by molar-refractivity contribution is 5.88. The Balaban J connectivity index is 1.26. The molecule has 1 aliphatic heterocycles.